The molecule has 1 amide bonds. The van der Waals surface area contributed by atoms with E-state index >= 15 is 0 Å². The van der Waals surface area contributed by atoms with Crippen molar-refractivity contribution in [2.45, 2.75) is 34.1 Å². The van der Waals surface area contributed by atoms with Crippen LogP contribution in [0.3, 0.4) is 0 Å². The molecule has 0 fully saturated rings. The quantitative estimate of drug-likeness (QED) is 0.830. The van der Waals surface area contributed by atoms with E-state index in [1.54, 1.807) is 0 Å². The number of anilines is 1. The number of amides is 1. The van der Waals surface area contributed by atoms with E-state index in [2.05, 4.69) is 5.32 Å². The van der Waals surface area contributed by atoms with Crippen molar-refractivity contribution < 1.29 is 9.53 Å². The molecule has 19 heavy (non-hydrogen) atoms. The van der Waals surface area contributed by atoms with Crippen molar-refractivity contribution in [2.75, 3.05) is 18.5 Å². The lowest BCUT2D eigenvalue weighted by molar-refractivity contribution is -0.123. The van der Waals surface area contributed by atoms with Gasteiger partial charge in [0.25, 0.3) is 0 Å². The number of carbonyl (C=O) groups is 1. The molecule has 0 atom stereocenters. The smallest absolute Gasteiger partial charge is 0.231 e. The zero-order valence-corrected chi connectivity index (χ0v) is 12.2. The van der Waals surface area contributed by atoms with Crippen LogP contribution in [0.15, 0.2) is 18.2 Å². The molecular weight excluding hydrogens is 240 g/mol. The minimum absolute atomic E-state index is 0.0970. The van der Waals surface area contributed by atoms with Gasteiger partial charge in [0.2, 0.25) is 5.91 Å². The van der Waals surface area contributed by atoms with E-state index in [1.807, 2.05) is 45.9 Å². The third kappa shape index (κ3) is 4.24. The number of hydrogen-bond donors (Lipinski definition) is 2. The zero-order valence-electron chi connectivity index (χ0n) is 12.2. The fourth-order valence-electron chi connectivity index (χ4n) is 1.45. The Kier molecular flexibility index (Phi) is 5.36. The van der Waals surface area contributed by atoms with Crippen molar-refractivity contribution in [3.8, 4) is 5.75 Å². The van der Waals surface area contributed by atoms with Crippen LogP contribution in [0.2, 0.25) is 0 Å². The van der Waals surface area contributed by atoms with E-state index in [4.69, 9.17) is 10.5 Å². The van der Waals surface area contributed by atoms with E-state index in [-0.39, 0.29) is 5.91 Å². The molecule has 1 aromatic rings. The topological polar surface area (TPSA) is 64.3 Å². The van der Waals surface area contributed by atoms with Crippen LogP contribution >= 0.6 is 0 Å². The highest BCUT2D eigenvalue weighted by molar-refractivity contribution is 5.96. The Morgan fingerprint density at radius 1 is 1.42 bits per heavy atom. The average molecular weight is 264 g/mol. The van der Waals surface area contributed by atoms with Gasteiger partial charge in [-0.3, -0.25) is 4.79 Å². The molecule has 0 radical (unpaired) electrons. The molecule has 0 aliphatic heterocycles. The van der Waals surface area contributed by atoms with Crippen molar-refractivity contribution in [3.05, 3.63) is 23.8 Å². The molecule has 0 spiro atoms. The van der Waals surface area contributed by atoms with Crippen LogP contribution in [-0.2, 0) is 4.79 Å². The molecular formula is C15H24N2O2. The van der Waals surface area contributed by atoms with Crippen molar-refractivity contribution >= 4 is 11.6 Å². The number of benzene rings is 1. The van der Waals surface area contributed by atoms with Crippen LogP contribution < -0.4 is 15.8 Å². The van der Waals surface area contributed by atoms with Crippen molar-refractivity contribution in [2.24, 2.45) is 11.1 Å². The second-order valence-electron chi connectivity index (χ2n) is 5.39. The fraction of sp³-hybridized carbons (Fsp3) is 0.533. The SMILES string of the molecule is CCCOc1cc(C)ccc1NC(=O)C(C)(C)CN. The number of carbonyl (C=O) groups excluding carboxylic acids is 1. The Hall–Kier alpha value is -1.55. The molecule has 1 rings (SSSR count). The van der Waals surface area contributed by atoms with Crippen LogP contribution in [0.1, 0.15) is 32.8 Å². The third-order valence-electron chi connectivity index (χ3n) is 2.97. The Morgan fingerprint density at radius 2 is 2.11 bits per heavy atom. The highest BCUT2D eigenvalue weighted by Crippen LogP contribution is 2.27. The minimum atomic E-state index is -0.590. The van der Waals surface area contributed by atoms with Crippen LogP contribution in [0.4, 0.5) is 5.69 Å². The summed E-state index contributed by atoms with van der Waals surface area (Å²) in [5, 5.41) is 2.89. The molecule has 0 aromatic heterocycles. The molecule has 106 valence electrons. The molecule has 0 aliphatic carbocycles. The molecule has 0 saturated heterocycles. The first kappa shape index (κ1) is 15.5. The lowest BCUT2D eigenvalue weighted by Gasteiger charge is -2.22. The minimum Gasteiger partial charge on any atom is -0.491 e. The van der Waals surface area contributed by atoms with E-state index < -0.39 is 5.41 Å². The molecule has 3 N–H and O–H groups in total. The zero-order chi connectivity index (χ0) is 14.5. The summed E-state index contributed by atoms with van der Waals surface area (Å²) in [5.74, 6) is 0.614. The number of hydrogen-bond acceptors (Lipinski definition) is 3. The van der Waals surface area contributed by atoms with Gasteiger partial charge in [-0.1, -0.05) is 13.0 Å². The average Bonchev–Trinajstić information content (AvgIpc) is 2.38. The van der Waals surface area contributed by atoms with Gasteiger partial charge in [0.1, 0.15) is 5.75 Å². The number of nitrogens with two attached hydrogens (primary N) is 1. The first-order valence-corrected chi connectivity index (χ1v) is 6.65. The summed E-state index contributed by atoms with van der Waals surface area (Å²) >= 11 is 0. The fourth-order valence-corrected chi connectivity index (χ4v) is 1.45. The maximum Gasteiger partial charge on any atom is 0.231 e. The second kappa shape index (κ2) is 6.57. The van der Waals surface area contributed by atoms with E-state index in [9.17, 15) is 4.79 Å². The molecule has 0 bridgehead atoms. The van der Waals surface area contributed by atoms with E-state index in [0.717, 1.165) is 12.0 Å². The Bertz CT molecular complexity index is 442. The molecule has 0 aliphatic rings. The Labute approximate surface area is 115 Å². The molecule has 0 unspecified atom stereocenters. The number of ether oxygens (including phenoxy) is 1. The molecule has 1 aromatic carbocycles. The molecule has 4 nitrogen and oxygen atoms in total. The maximum atomic E-state index is 12.1. The predicted molar refractivity (Wildman–Crippen MR) is 78.4 cm³/mol. The second-order valence-corrected chi connectivity index (χ2v) is 5.39. The van der Waals surface area contributed by atoms with E-state index in [1.165, 1.54) is 0 Å². The summed E-state index contributed by atoms with van der Waals surface area (Å²) < 4.78 is 5.67. The lowest BCUT2D eigenvalue weighted by atomic mass is 9.92. The Morgan fingerprint density at radius 3 is 2.68 bits per heavy atom. The van der Waals surface area contributed by atoms with Gasteiger partial charge in [-0.25, -0.2) is 0 Å². The standard InChI is InChI=1S/C15H24N2O2/c1-5-8-19-13-9-11(2)6-7-12(13)17-14(18)15(3,4)10-16/h6-7,9H,5,8,10,16H2,1-4H3,(H,17,18). The van der Waals surface area contributed by atoms with Crippen LogP contribution in [0.25, 0.3) is 0 Å². The number of nitrogens with one attached hydrogen (secondary N) is 1. The first-order chi connectivity index (χ1) is 8.90. The maximum absolute atomic E-state index is 12.1. The van der Waals surface area contributed by atoms with Gasteiger partial charge in [0, 0.05) is 6.54 Å². The first-order valence-electron chi connectivity index (χ1n) is 6.65. The summed E-state index contributed by atoms with van der Waals surface area (Å²) in [6.45, 7) is 8.62. The molecule has 0 saturated carbocycles. The van der Waals surface area contributed by atoms with Crippen molar-refractivity contribution in [3.63, 3.8) is 0 Å². The molecule has 4 heteroatoms. The number of rotatable bonds is 6. The van der Waals surface area contributed by atoms with Gasteiger partial charge in [-0.05, 0) is 44.9 Å². The van der Waals surface area contributed by atoms with E-state index in [0.29, 0.717) is 24.6 Å². The van der Waals surface area contributed by atoms with Crippen LogP contribution in [0.5, 0.6) is 5.75 Å². The van der Waals surface area contributed by atoms with Gasteiger partial charge < -0.3 is 15.8 Å². The normalized spacial score (nSPS) is 11.2. The summed E-state index contributed by atoms with van der Waals surface area (Å²) in [5.41, 5.74) is 6.82. The largest absolute Gasteiger partial charge is 0.491 e. The highest BCUT2D eigenvalue weighted by atomic mass is 16.5. The molecule has 0 heterocycles. The summed E-state index contributed by atoms with van der Waals surface area (Å²) in [6.07, 6.45) is 0.926. The monoisotopic (exact) mass is 264 g/mol. The third-order valence-corrected chi connectivity index (χ3v) is 2.97. The van der Waals surface area contributed by atoms with Gasteiger partial charge in [0.15, 0.2) is 0 Å². The van der Waals surface area contributed by atoms with Gasteiger partial charge in [-0.15, -0.1) is 0 Å². The predicted octanol–water partition coefficient (Wildman–Crippen LogP) is 2.71. The summed E-state index contributed by atoms with van der Waals surface area (Å²) in [6, 6.07) is 5.75. The van der Waals surface area contributed by atoms with Crippen LogP contribution in [0, 0.1) is 12.3 Å². The van der Waals surface area contributed by atoms with Crippen molar-refractivity contribution in [1.29, 1.82) is 0 Å². The van der Waals surface area contributed by atoms with Gasteiger partial charge >= 0.3 is 0 Å². The highest BCUT2D eigenvalue weighted by Gasteiger charge is 2.26. The van der Waals surface area contributed by atoms with Gasteiger partial charge in [-0.2, -0.15) is 0 Å². The van der Waals surface area contributed by atoms with Crippen molar-refractivity contribution in [1.82, 2.24) is 0 Å². The lowest BCUT2D eigenvalue weighted by Crippen LogP contribution is -2.37. The van der Waals surface area contributed by atoms with Gasteiger partial charge in [0.05, 0.1) is 17.7 Å². The summed E-state index contributed by atoms with van der Waals surface area (Å²) in [7, 11) is 0. The Balaban J connectivity index is 2.91. The van der Waals surface area contributed by atoms with Crippen LogP contribution in [-0.4, -0.2) is 19.1 Å². The number of aryl methyl sites for hydroxylation is 1. The summed E-state index contributed by atoms with van der Waals surface area (Å²) in [4.78, 5) is 12.1.